The number of quaternary nitrogens is 3. The van der Waals surface area contributed by atoms with Crippen LogP contribution in [0.15, 0.2) is 0 Å². The van der Waals surface area contributed by atoms with Crippen LogP contribution in [0.4, 0.5) is 0 Å². The van der Waals surface area contributed by atoms with Gasteiger partial charge in [0, 0.05) is 13.0 Å². The third kappa shape index (κ3) is 32.8. The minimum absolute atomic E-state index is 0. The molecule has 0 aromatic carbocycles. The molecule has 5 nitrogen and oxygen atoms in total. The van der Waals surface area contributed by atoms with Crippen LogP contribution in [0.5, 0.6) is 0 Å². The maximum absolute atomic E-state index is 12.5. The van der Waals surface area contributed by atoms with E-state index in [1.54, 1.807) is 0 Å². The Kier molecular flexibility index (Phi) is 31.8. The average molecular weight is 695 g/mol. The maximum atomic E-state index is 12.5. The van der Waals surface area contributed by atoms with Crippen LogP contribution in [0.1, 0.15) is 103 Å². The summed E-state index contributed by atoms with van der Waals surface area (Å²) in [5.41, 5.74) is 0. The summed E-state index contributed by atoms with van der Waals surface area (Å²) in [5, 5.41) is 3.17. The number of unbranched alkanes of at least 4 members (excludes halogenated alkanes) is 13. The second-order valence-electron chi connectivity index (χ2n) is 13.5. The zero-order valence-corrected chi connectivity index (χ0v) is 30.7. The second kappa shape index (κ2) is 26.5. The molecular formula is C30H67Br2ClN4O. The molecule has 0 aliphatic carbocycles. The van der Waals surface area contributed by atoms with Crippen molar-refractivity contribution in [3.63, 3.8) is 0 Å². The van der Waals surface area contributed by atoms with Gasteiger partial charge >= 0.3 is 0 Å². The molecule has 0 aromatic heterocycles. The summed E-state index contributed by atoms with van der Waals surface area (Å²) in [6.07, 6.45) is 20.5. The van der Waals surface area contributed by atoms with Crippen molar-refractivity contribution in [2.75, 3.05) is 88.6 Å². The monoisotopic (exact) mass is 692 g/mol. The molecule has 0 saturated heterocycles. The lowest BCUT2D eigenvalue weighted by Crippen LogP contribution is -3.00. The molecular weight excluding hydrogens is 628 g/mol. The Hall–Kier alpha value is 0.600. The van der Waals surface area contributed by atoms with E-state index in [9.17, 15) is 4.79 Å². The molecule has 234 valence electrons. The number of hydrogen-bond acceptors (Lipinski definition) is 1. The van der Waals surface area contributed by atoms with Crippen molar-refractivity contribution >= 4 is 5.91 Å². The van der Waals surface area contributed by atoms with Gasteiger partial charge in [0.2, 0.25) is 0 Å². The van der Waals surface area contributed by atoms with Crippen LogP contribution in [-0.2, 0) is 4.79 Å². The molecule has 1 N–H and O–H groups in total. The summed E-state index contributed by atoms with van der Waals surface area (Å²) in [6, 6.07) is 0. The largest absolute Gasteiger partial charge is 1.00 e. The Morgan fingerprint density at radius 1 is 0.526 bits per heavy atom. The van der Waals surface area contributed by atoms with E-state index in [1.165, 1.54) is 103 Å². The van der Waals surface area contributed by atoms with Gasteiger partial charge in [0.1, 0.15) is 13.1 Å². The van der Waals surface area contributed by atoms with Crippen molar-refractivity contribution in [1.29, 1.82) is 0 Å². The van der Waals surface area contributed by atoms with Gasteiger partial charge in [-0.05, 0) is 12.8 Å². The lowest BCUT2D eigenvalue weighted by atomic mass is 10.0. The fourth-order valence-electron chi connectivity index (χ4n) is 4.68. The van der Waals surface area contributed by atoms with E-state index in [2.05, 4.69) is 61.6 Å². The van der Waals surface area contributed by atoms with Gasteiger partial charge in [0.15, 0.2) is 6.54 Å². The van der Waals surface area contributed by atoms with Crippen LogP contribution in [0.2, 0.25) is 0 Å². The molecule has 0 bridgehead atoms. The smallest absolute Gasteiger partial charge is 0.275 e. The molecule has 0 radical (unpaired) electrons. The quantitative estimate of drug-likeness (QED) is 0.0841. The summed E-state index contributed by atoms with van der Waals surface area (Å²) in [5.74, 6) is 0.206. The number of amides is 1. The molecule has 0 atom stereocenters. The van der Waals surface area contributed by atoms with E-state index in [1.807, 2.05) is 0 Å². The van der Waals surface area contributed by atoms with Crippen molar-refractivity contribution in [2.24, 2.45) is 0 Å². The third-order valence-corrected chi connectivity index (χ3v) is 7.33. The molecule has 0 rings (SSSR count). The van der Waals surface area contributed by atoms with Crippen LogP contribution in [0, 0.1) is 0 Å². The van der Waals surface area contributed by atoms with Gasteiger partial charge < -0.3 is 65.1 Å². The summed E-state index contributed by atoms with van der Waals surface area (Å²) in [6.45, 7) is 8.22. The molecule has 0 spiro atoms. The van der Waals surface area contributed by atoms with Gasteiger partial charge in [0.25, 0.3) is 5.91 Å². The Bertz CT molecular complexity index is 529. The minimum Gasteiger partial charge on any atom is -1.00 e. The average Bonchev–Trinajstić information content (AvgIpc) is 2.75. The predicted octanol–water partition coefficient (Wildman–Crippen LogP) is -3.16. The number of halogens is 3. The highest BCUT2D eigenvalue weighted by atomic mass is 79.9. The van der Waals surface area contributed by atoms with E-state index in [0.29, 0.717) is 6.54 Å². The third-order valence-electron chi connectivity index (χ3n) is 7.33. The number of hydrogen-bond donors (Lipinski definition) is 1. The van der Waals surface area contributed by atoms with Crippen LogP contribution < -0.4 is 51.7 Å². The number of likely N-dealkylation sites (N-methyl/N-ethyl adjacent to an activating group) is 3. The van der Waals surface area contributed by atoms with Gasteiger partial charge in [0.05, 0.1) is 62.4 Å². The van der Waals surface area contributed by atoms with Crippen LogP contribution in [0.3, 0.4) is 0 Å². The van der Waals surface area contributed by atoms with Crippen molar-refractivity contribution in [1.82, 2.24) is 5.32 Å². The van der Waals surface area contributed by atoms with Crippen LogP contribution in [0.25, 0.3) is 0 Å². The lowest BCUT2D eigenvalue weighted by Gasteiger charge is -2.33. The first kappa shape index (κ1) is 45.6. The molecule has 0 aromatic rings. The van der Waals surface area contributed by atoms with E-state index in [0.717, 1.165) is 39.5 Å². The number of nitrogens with zero attached hydrogens (tertiary/aromatic N) is 3. The Labute approximate surface area is 266 Å². The fraction of sp³-hybridized carbons (Fsp3) is 0.967. The standard InChI is InChI=1S/C30H66N4O.2BrH.ClH/c1-9-10-11-12-13-14-15-16-17-18-19-20-21-22-25-34(7,8)29-30(35)31-24-23-26-33(5,6)28-27-32(2,3)4;;;/h9-29H2,1-8H3;3*1H/q+2;;;/p-2. The Balaban J connectivity index is -0.00000193. The normalized spacial score (nSPS) is 11.8. The summed E-state index contributed by atoms with van der Waals surface area (Å²) < 4.78 is 2.83. The maximum Gasteiger partial charge on any atom is 0.275 e. The van der Waals surface area contributed by atoms with Crippen molar-refractivity contribution in [3.8, 4) is 0 Å². The highest BCUT2D eigenvalue weighted by molar-refractivity contribution is 5.76. The van der Waals surface area contributed by atoms with Crippen molar-refractivity contribution < 1.29 is 64.6 Å². The molecule has 1 amide bonds. The minimum atomic E-state index is 0. The Morgan fingerprint density at radius 3 is 1.34 bits per heavy atom. The van der Waals surface area contributed by atoms with Gasteiger partial charge in [-0.1, -0.05) is 84.0 Å². The van der Waals surface area contributed by atoms with Crippen LogP contribution >= 0.6 is 0 Å². The molecule has 0 saturated carbocycles. The molecule has 38 heavy (non-hydrogen) atoms. The van der Waals surface area contributed by atoms with Crippen LogP contribution in [-0.4, -0.2) is 108 Å². The summed E-state index contributed by atoms with van der Waals surface area (Å²) in [7, 11) is 15.7. The Morgan fingerprint density at radius 2 is 0.921 bits per heavy atom. The van der Waals surface area contributed by atoms with E-state index in [-0.39, 0.29) is 52.3 Å². The van der Waals surface area contributed by atoms with E-state index >= 15 is 0 Å². The first-order valence-electron chi connectivity index (χ1n) is 15.1. The summed E-state index contributed by atoms with van der Waals surface area (Å²) in [4.78, 5) is 12.5. The fourth-order valence-corrected chi connectivity index (χ4v) is 4.68. The molecule has 8 heteroatoms. The number of carbonyl (C=O) groups excluding carboxylic acids is 1. The predicted molar refractivity (Wildman–Crippen MR) is 155 cm³/mol. The molecule has 0 fully saturated rings. The van der Waals surface area contributed by atoms with Crippen molar-refractivity contribution in [2.45, 2.75) is 103 Å². The molecule has 0 aliphatic heterocycles. The summed E-state index contributed by atoms with van der Waals surface area (Å²) >= 11 is 0. The number of nitrogens with one attached hydrogen (secondary N) is 1. The van der Waals surface area contributed by atoms with Crippen molar-refractivity contribution in [3.05, 3.63) is 0 Å². The highest BCUT2D eigenvalue weighted by Crippen LogP contribution is 2.13. The first-order valence-corrected chi connectivity index (χ1v) is 15.1. The van der Waals surface area contributed by atoms with E-state index < -0.39 is 0 Å². The van der Waals surface area contributed by atoms with Gasteiger partial charge in [-0.15, -0.1) is 0 Å². The number of carbonyl (C=O) groups is 1. The first-order chi connectivity index (χ1) is 16.4. The zero-order valence-electron chi connectivity index (χ0n) is 26.7. The molecule has 0 unspecified atom stereocenters. The topological polar surface area (TPSA) is 29.1 Å². The van der Waals surface area contributed by atoms with Gasteiger partial charge in [-0.25, -0.2) is 0 Å². The van der Waals surface area contributed by atoms with Gasteiger partial charge in [-0.2, -0.15) is 0 Å². The SMILES string of the molecule is CCCCCCCCCCCCCCCC[N+](C)(C)CC(=O)NCCC[N+](C)(C)CC[N+](C)(C)C.[Br-].[Br-].[Cl-]. The van der Waals surface area contributed by atoms with E-state index in [4.69, 9.17) is 0 Å². The highest BCUT2D eigenvalue weighted by Gasteiger charge is 2.21. The van der Waals surface area contributed by atoms with Gasteiger partial charge in [-0.3, -0.25) is 4.79 Å². The lowest BCUT2D eigenvalue weighted by molar-refractivity contribution is -0.937. The molecule has 0 aliphatic rings. The number of rotatable bonds is 24. The molecule has 0 heterocycles. The zero-order chi connectivity index (χ0) is 26.6. The second-order valence-corrected chi connectivity index (χ2v) is 13.5.